The summed E-state index contributed by atoms with van der Waals surface area (Å²) >= 11 is 0. The van der Waals surface area contributed by atoms with Crippen LogP contribution in [0.3, 0.4) is 0 Å². The summed E-state index contributed by atoms with van der Waals surface area (Å²) in [5.41, 5.74) is 1.75. The average molecular weight is 340 g/mol. The normalized spacial score (nSPS) is 10.4. The molecule has 126 valence electrons. The molecule has 0 saturated carbocycles. The SMILES string of the molecule is Cc1ccccc1NC(=O)c1cc(Nc2ccc(F)cc2F)ncn1. The Morgan fingerprint density at radius 1 is 1.00 bits per heavy atom. The number of para-hydroxylation sites is 1. The van der Waals surface area contributed by atoms with Crippen molar-refractivity contribution in [2.45, 2.75) is 6.92 Å². The lowest BCUT2D eigenvalue weighted by molar-refractivity contribution is 0.102. The molecular weight excluding hydrogens is 326 g/mol. The van der Waals surface area contributed by atoms with Crippen molar-refractivity contribution in [3.8, 4) is 0 Å². The summed E-state index contributed by atoms with van der Waals surface area (Å²) in [5.74, 6) is -1.64. The number of amides is 1. The van der Waals surface area contributed by atoms with Crippen LogP contribution in [-0.2, 0) is 0 Å². The van der Waals surface area contributed by atoms with E-state index in [2.05, 4.69) is 20.6 Å². The molecule has 7 heteroatoms. The number of nitrogens with zero attached hydrogens (tertiary/aromatic N) is 2. The summed E-state index contributed by atoms with van der Waals surface area (Å²) in [5, 5.41) is 5.45. The minimum Gasteiger partial charge on any atom is -0.338 e. The highest BCUT2D eigenvalue weighted by Crippen LogP contribution is 2.20. The van der Waals surface area contributed by atoms with Crippen LogP contribution in [0.1, 0.15) is 16.1 Å². The molecule has 0 radical (unpaired) electrons. The molecule has 1 heterocycles. The molecule has 1 aromatic heterocycles. The third kappa shape index (κ3) is 3.95. The lowest BCUT2D eigenvalue weighted by atomic mass is 10.2. The molecule has 0 aliphatic heterocycles. The van der Waals surface area contributed by atoms with Crippen molar-refractivity contribution in [3.05, 3.63) is 77.8 Å². The minimum atomic E-state index is -0.760. The van der Waals surface area contributed by atoms with Crippen LogP contribution in [0, 0.1) is 18.6 Å². The Morgan fingerprint density at radius 2 is 1.80 bits per heavy atom. The Hall–Kier alpha value is -3.35. The Labute approximate surface area is 142 Å². The topological polar surface area (TPSA) is 66.9 Å². The van der Waals surface area contributed by atoms with E-state index >= 15 is 0 Å². The van der Waals surface area contributed by atoms with Crippen molar-refractivity contribution in [1.29, 1.82) is 0 Å². The predicted molar refractivity (Wildman–Crippen MR) is 90.8 cm³/mol. The fourth-order valence-electron chi connectivity index (χ4n) is 2.18. The Balaban J connectivity index is 1.79. The zero-order valence-corrected chi connectivity index (χ0v) is 13.3. The van der Waals surface area contributed by atoms with Crippen LogP contribution < -0.4 is 10.6 Å². The van der Waals surface area contributed by atoms with E-state index in [1.807, 2.05) is 25.1 Å². The van der Waals surface area contributed by atoms with Crippen molar-refractivity contribution in [3.63, 3.8) is 0 Å². The zero-order valence-electron chi connectivity index (χ0n) is 13.3. The van der Waals surface area contributed by atoms with E-state index in [0.717, 1.165) is 17.7 Å². The van der Waals surface area contributed by atoms with Crippen LogP contribution in [0.4, 0.5) is 26.0 Å². The fraction of sp³-hybridized carbons (Fsp3) is 0.0556. The van der Waals surface area contributed by atoms with Gasteiger partial charge in [0, 0.05) is 17.8 Å². The number of halogens is 2. The van der Waals surface area contributed by atoms with Crippen molar-refractivity contribution in [2.75, 3.05) is 10.6 Å². The molecule has 0 spiro atoms. The summed E-state index contributed by atoms with van der Waals surface area (Å²) < 4.78 is 26.7. The smallest absolute Gasteiger partial charge is 0.274 e. The van der Waals surface area contributed by atoms with Gasteiger partial charge in [-0.3, -0.25) is 4.79 Å². The van der Waals surface area contributed by atoms with Crippen LogP contribution in [0.5, 0.6) is 0 Å². The summed E-state index contributed by atoms with van der Waals surface area (Å²) in [6, 6.07) is 11.9. The zero-order chi connectivity index (χ0) is 17.8. The lowest BCUT2D eigenvalue weighted by Gasteiger charge is -2.09. The molecule has 0 bridgehead atoms. The molecule has 5 nitrogen and oxygen atoms in total. The monoisotopic (exact) mass is 340 g/mol. The number of carbonyl (C=O) groups is 1. The molecule has 2 aromatic carbocycles. The number of hydrogen-bond acceptors (Lipinski definition) is 4. The number of benzene rings is 2. The minimum absolute atomic E-state index is 0.0466. The second-order valence-corrected chi connectivity index (χ2v) is 5.31. The first-order valence-electron chi connectivity index (χ1n) is 7.44. The molecule has 0 aliphatic rings. The predicted octanol–water partition coefficient (Wildman–Crippen LogP) is 4.06. The maximum atomic E-state index is 13.7. The molecule has 0 fully saturated rings. The van der Waals surface area contributed by atoms with Crippen molar-refractivity contribution < 1.29 is 13.6 Å². The first-order chi connectivity index (χ1) is 12.0. The first kappa shape index (κ1) is 16.5. The molecule has 3 rings (SSSR count). The van der Waals surface area contributed by atoms with Gasteiger partial charge in [0.25, 0.3) is 5.91 Å². The third-order valence-electron chi connectivity index (χ3n) is 3.49. The summed E-state index contributed by atoms with van der Waals surface area (Å²) in [6.45, 7) is 1.87. The van der Waals surface area contributed by atoms with Gasteiger partial charge in [0.2, 0.25) is 0 Å². The molecule has 0 aliphatic carbocycles. The summed E-state index contributed by atoms with van der Waals surface area (Å²) in [4.78, 5) is 20.2. The number of hydrogen-bond donors (Lipinski definition) is 2. The Bertz CT molecular complexity index is 930. The highest BCUT2D eigenvalue weighted by atomic mass is 19.1. The van der Waals surface area contributed by atoms with E-state index in [9.17, 15) is 13.6 Å². The number of aromatic nitrogens is 2. The van der Waals surface area contributed by atoms with Gasteiger partial charge in [0.1, 0.15) is 29.5 Å². The molecule has 1 amide bonds. The molecular formula is C18H14F2N4O. The Morgan fingerprint density at radius 3 is 2.56 bits per heavy atom. The number of carbonyl (C=O) groups excluding carboxylic acids is 1. The van der Waals surface area contributed by atoms with Crippen LogP contribution in [0.2, 0.25) is 0 Å². The lowest BCUT2D eigenvalue weighted by Crippen LogP contribution is -2.15. The quantitative estimate of drug-likeness (QED) is 0.752. The van der Waals surface area contributed by atoms with Gasteiger partial charge in [-0.2, -0.15) is 0 Å². The largest absolute Gasteiger partial charge is 0.338 e. The van der Waals surface area contributed by atoms with Gasteiger partial charge >= 0.3 is 0 Å². The van der Waals surface area contributed by atoms with Crippen molar-refractivity contribution in [2.24, 2.45) is 0 Å². The summed E-state index contributed by atoms with van der Waals surface area (Å²) in [7, 11) is 0. The van der Waals surface area contributed by atoms with Crippen LogP contribution in [-0.4, -0.2) is 15.9 Å². The van der Waals surface area contributed by atoms with Crippen LogP contribution in [0.15, 0.2) is 54.9 Å². The summed E-state index contributed by atoms with van der Waals surface area (Å²) in [6.07, 6.45) is 1.19. The van der Waals surface area contributed by atoms with Crippen molar-refractivity contribution in [1.82, 2.24) is 9.97 Å². The van der Waals surface area contributed by atoms with Crippen molar-refractivity contribution >= 4 is 23.1 Å². The molecule has 0 unspecified atom stereocenters. The molecule has 3 aromatic rings. The number of anilines is 3. The van der Waals surface area contributed by atoms with E-state index in [0.29, 0.717) is 5.69 Å². The van der Waals surface area contributed by atoms with E-state index < -0.39 is 17.5 Å². The van der Waals surface area contributed by atoms with Gasteiger partial charge in [0.05, 0.1) is 5.69 Å². The van der Waals surface area contributed by atoms with Gasteiger partial charge in [0.15, 0.2) is 0 Å². The Kier molecular flexibility index (Phi) is 4.65. The number of nitrogens with one attached hydrogen (secondary N) is 2. The molecule has 25 heavy (non-hydrogen) atoms. The standard InChI is InChI=1S/C18H14F2N4O/c1-11-4-2-3-5-14(11)24-18(25)16-9-17(22-10-21-16)23-15-7-6-12(19)8-13(15)20/h2-10H,1H3,(H,24,25)(H,21,22,23). The second-order valence-electron chi connectivity index (χ2n) is 5.31. The fourth-order valence-corrected chi connectivity index (χ4v) is 2.18. The van der Waals surface area contributed by atoms with E-state index in [1.165, 1.54) is 18.5 Å². The average Bonchev–Trinajstić information content (AvgIpc) is 2.60. The number of rotatable bonds is 4. The maximum Gasteiger partial charge on any atom is 0.274 e. The van der Waals surface area contributed by atoms with Crippen LogP contribution >= 0.6 is 0 Å². The second kappa shape index (κ2) is 7.04. The van der Waals surface area contributed by atoms with E-state index in [4.69, 9.17) is 0 Å². The van der Waals surface area contributed by atoms with Gasteiger partial charge in [-0.15, -0.1) is 0 Å². The number of aryl methyl sites for hydroxylation is 1. The van der Waals surface area contributed by atoms with Gasteiger partial charge in [-0.05, 0) is 30.7 Å². The maximum absolute atomic E-state index is 13.7. The highest BCUT2D eigenvalue weighted by Gasteiger charge is 2.11. The first-order valence-corrected chi connectivity index (χ1v) is 7.44. The molecule has 2 N–H and O–H groups in total. The molecule has 0 atom stereocenters. The highest BCUT2D eigenvalue weighted by molar-refractivity contribution is 6.03. The van der Waals surface area contributed by atoms with Gasteiger partial charge < -0.3 is 10.6 Å². The van der Waals surface area contributed by atoms with E-state index in [1.54, 1.807) is 6.07 Å². The van der Waals surface area contributed by atoms with E-state index in [-0.39, 0.29) is 17.2 Å². The third-order valence-corrected chi connectivity index (χ3v) is 3.49. The van der Waals surface area contributed by atoms with Crippen LogP contribution in [0.25, 0.3) is 0 Å². The van der Waals surface area contributed by atoms with Gasteiger partial charge in [-0.1, -0.05) is 18.2 Å². The van der Waals surface area contributed by atoms with Gasteiger partial charge in [-0.25, -0.2) is 18.7 Å². The molecule has 0 saturated heterocycles.